The van der Waals surface area contributed by atoms with Crippen LogP contribution in [-0.4, -0.2) is 23.7 Å². The summed E-state index contributed by atoms with van der Waals surface area (Å²) in [4.78, 5) is 13.1. The van der Waals surface area contributed by atoms with Crippen molar-refractivity contribution >= 4 is 30.1 Å². The van der Waals surface area contributed by atoms with Gasteiger partial charge in [0.15, 0.2) is 0 Å². The maximum Gasteiger partial charge on any atom is 0.230 e. The third-order valence-electron chi connectivity index (χ3n) is 3.72. The summed E-state index contributed by atoms with van der Waals surface area (Å²) < 4.78 is 0. The van der Waals surface area contributed by atoms with Crippen LogP contribution in [0.2, 0.25) is 0 Å². The summed E-state index contributed by atoms with van der Waals surface area (Å²) in [6.07, 6.45) is 2.36. The van der Waals surface area contributed by atoms with Crippen LogP contribution in [-0.2, 0) is 4.79 Å². The second-order valence-corrected chi connectivity index (χ2v) is 6.59. The number of amides is 1. The highest BCUT2D eigenvalue weighted by atomic mass is 35.5. The molecule has 1 atom stereocenters. The van der Waals surface area contributed by atoms with E-state index < -0.39 is 0 Å². The molecule has 5 heteroatoms. The molecule has 0 aromatic heterocycles. The molecule has 1 aliphatic rings. The van der Waals surface area contributed by atoms with E-state index in [2.05, 4.69) is 43.4 Å². The molecule has 0 radical (unpaired) electrons. The van der Waals surface area contributed by atoms with Gasteiger partial charge in [-0.1, -0.05) is 17.7 Å². The summed E-state index contributed by atoms with van der Waals surface area (Å²) in [6.45, 7) is 4.63. The van der Waals surface area contributed by atoms with Gasteiger partial charge >= 0.3 is 0 Å². The molecule has 1 aliphatic carbocycles. The highest BCUT2D eigenvalue weighted by molar-refractivity contribution is 8.00. The lowest BCUT2D eigenvalue weighted by molar-refractivity contribution is -0.120. The molecule has 0 bridgehead atoms. The SMILES string of the molecule is Cc1ccc(SCC(=O)NC(C)(CN)C2CC2)cc1.Cl. The van der Waals surface area contributed by atoms with Gasteiger partial charge in [-0.2, -0.15) is 0 Å². The molecule has 1 aromatic rings. The minimum Gasteiger partial charge on any atom is -0.349 e. The van der Waals surface area contributed by atoms with Crippen LogP contribution in [0, 0.1) is 12.8 Å². The van der Waals surface area contributed by atoms with Gasteiger partial charge in [-0.15, -0.1) is 24.2 Å². The smallest absolute Gasteiger partial charge is 0.230 e. The molecule has 1 amide bonds. The van der Waals surface area contributed by atoms with Crippen LogP contribution in [0.3, 0.4) is 0 Å². The summed E-state index contributed by atoms with van der Waals surface area (Å²) in [7, 11) is 0. The number of hydrogen-bond acceptors (Lipinski definition) is 3. The molecule has 0 aliphatic heterocycles. The molecule has 1 saturated carbocycles. The van der Waals surface area contributed by atoms with Crippen molar-refractivity contribution in [3.8, 4) is 0 Å². The quantitative estimate of drug-likeness (QED) is 0.794. The van der Waals surface area contributed by atoms with E-state index in [1.165, 1.54) is 18.4 Å². The highest BCUT2D eigenvalue weighted by Gasteiger charge is 2.41. The fraction of sp³-hybridized carbons (Fsp3) is 0.533. The van der Waals surface area contributed by atoms with Crippen LogP contribution >= 0.6 is 24.2 Å². The topological polar surface area (TPSA) is 55.1 Å². The van der Waals surface area contributed by atoms with Crippen molar-refractivity contribution in [2.45, 2.75) is 37.1 Å². The number of aryl methyl sites for hydroxylation is 1. The lowest BCUT2D eigenvalue weighted by Gasteiger charge is -2.29. The number of halogens is 1. The molecule has 112 valence electrons. The minimum absolute atomic E-state index is 0. The van der Waals surface area contributed by atoms with Crippen LogP contribution < -0.4 is 11.1 Å². The zero-order valence-electron chi connectivity index (χ0n) is 12.0. The van der Waals surface area contributed by atoms with Crippen LogP contribution in [0.15, 0.2) is 29.2 Å². The molecule has 2 rings (SSSR count). The van der Waals surface area contributed by atoms with Crippen LogP contribution in [0.25, 0.3) is 0 Å². The average Bonchev–Trinajstić information content (AvgIpc) is 3.22. The first kappa shape index (κ1) is 17.3. The van der Waals surface area contributed by atoms with Gasteiger partial charge in [0, 0.05) is 11.4 Å². The molecule has 20 heavy (non-hydrogen) atoms. The first-order chi connectivity index (χ1) is 9.03. The Morgan fingerprint density at radius 2 is 2.00 bits per heavy atom. The maximum absolute atomic E-state index is 12.0. The first-order valence-electron chi connectivity index (χ1n) is 6.74. The number of carbonyl (C=O) groups is 1. The molecule has 1 unspecified atom stereocenters. The van der Waals surface area contributed by atoms with Gasteiger partial charge in [-0.25, -0.2) is 0 Å². The van der Waals surface area contributed by atoms with Crippen molar-refractivity contribution in [3.05, 3.63) is 29.8 Å². The third kappa shape index (κ3) is 4.69. The second kappa shape index (κ2) is 7.34. The van der Waals surface area contributed by atoms with E-state index in [9.17, 15) is 4.79 Å². The fourth-order valence-electron chi connectivity index (χ4n) is 2.18. The molecule has 3 N–H and O–H groups in total. The van der Waals surface area contributed by atoms with Gasteiger partial charge in [-0.3, -0.25) is 4.79 Å². The standard InChI is InChI=1S/C15H22N2OS.ClH/c1-11-3-7-13(8-4-11)19-9-14(18)17-15(2,10-16)12-5-6-12;/h3-4,7-8,12H,5-6,9-10,16H2,1-2H3,(H,17,18);1H. The summed E-state index contributed by atoms with van der Waals surface area (Å²) >= 11 is 1.57. The monoisotopic (exact) mass is 314 g/mol. The molecule has 1 aromatic carbocycles. The molecule has 0 heterocycles. The molecule has 0 spiro atoms. The molecule has 1 fully saturated rings. The maximum atomic E-state index is 12.0. The van der Waals surface area contributed by atoms with Gasteiger partial charge in [0.05, 0.1) is 11.3 Å². The highest BCUT2D eigenvalue weighted by Crippen LogP contribution is 2.39. The lowest BCUT2D eigenvalue weighted by Crippen LogP contribution is -2.53. The summed E-state index contributed by atoms with van der Waals surface area (Å²) in [6, 6.07) is 8.23. The number of nitrogens with two attached hydrogens (primary N) is 1. The van der Waals surface area contributed by atoms with E-state index >= 15 is 0 Å². The normalized spacial score (nSPS) is 16.9. The van der Waals surface area contributed by atoms with Crippen LogP contribution in [0.5, 0.6) is 0 Å². The van der Waals surface area contributed by atoms with Crippen molar-refractivity contribution in [2.24, 2.45) is 11.7 Å². The van der Waals surface area contributed by atoms with Crippen molar-refractivity contribution in [2.75, 3.05) is 12.3 Å². The van der Waals surface area contributed by atoms with Crippen LogP contribution in [0.1, 0.15) is 25.3 Å². The minimum atomic E-state index is -0.217. The first-order valence-corrected chi connectivity index (χ1v) is 7.72. The lowest BCUT2D eigenvalue weighted by atomic mass is 9.96. The molecular formula is C15H23ClN2OS. The van der Waals surface area contributed by atoms with E-state index in [0.717, 1.165) is 4.90 Å². The number of nitrogens with one attached hydrogen (secondary N) is 1. The molecular weight excluding hydrogens is 292 g/mol. The number of carbonyl (C=O) groups excluding carboxylic acids is 1. The predicted octanol–water partition coefficient (Wildman–Crippen LogP) is 2.75. The Morgan fingerprint density at radius 3 is 2.50 bits per heavy atom. The number of thioether (sulfide) groups is 1. The van der Waals surface area contributed by atoms with E-state index in [4.69, 9.17) is 5.73 Å². The Kier molecular flexibility index (Phi) is 6.37. The fourth-order valence-corrected chi connectivity index (χ4v) is 2.88. The Labute approximate surface area is 131 Å². The predicted molar refractivity (Wildman–Crippen MR) is 87.5 cm³/mol. The zero-order chi connectivity index (χ0) is 13.9. The van der Waals surface area contributed by atoms with Gasteiger partial charge in [0.1, 0.15) is 0 Å². The van der Waals surface area contributed by atoms with E-state index in [1.54, 1.807) is 11.8 Å². The third-order valence-corrected chi connectivity index (χ3v) is 4.73. The van der Waals surface area contributed by atoms with Crippen LogP contribution in [0.4, 0.5) is 0 Å². The number of hydrogen-bond donors (Lipinski definition) is 2. The Balaban J connectivity index is 0.00000200. The van der Waals surface area contributed by atoms with E-state index in [0.29, 0.717) is 18.2 Å². The Hall–Kier alpha value is -0.710. The summed E-state index contributed by atoms with van der Waals surface area (Å²) in [5.41, 5.74) is 6.82. The van der Waals surface area contributed by atoms with E-state index in [-0.39, 0.29) is 23.9 Å². The Morgan fingerprint density at radius 1 is 1.40 bits per heavy atom. The van der Waals surface area contributed by atoms with Crippen molar-refractivity contribution < 1.29 is 4.79 Å². The van der Waals surface area contributed by atoms with Gasteiger partial charge < -0.3 is 11.1 Å². The summed E-state index contributed by atoms with van der Waals surface area (Å²) in [5.74, 6) is 1.09. The largest absolute Gasteiger partial charge is 0.349 e. The van der Waals surface area contributed by atoms with Crippen molar-refractivity contribution in [1.82, 2.24) is 5.32 Å². The molecule has 3 nitrogen and oxygen atoms in total. The van der Waals surface area contributed by atoms with E-state index in [1.807, 2.05) is 0 Å². The Bertz CT molecular complexity index is 448. The average molecular weight is 315 g/mol. The number of rotatable bonds is 6. The van der Waals surface area contributed by atoms with Crippen molar-refractivity contribution in [3.63, 3.8) is 0 Å². The van der Waals surface area contributed by atoms with Crippen molar-refractivity contribution in [1.29, 1.82) is 0 Å². The van der Waals surface area contributed by atoms with Gasteiger partial charge in [0.2, 0.25) is 5.91 Å². The summed E-state index contributed by atoms with van der Waals surface area (Å²) in [5, 5.41) is 3.10. The number of benzene rings is 1. The van der Waals surface area contributed by atoms with Gasteiger partial charge in [0.25, 0.3) is 0 Å². The zero-order valence-corrected chi connectivity index (χ0v) is 13.7. The van der Waals surface area contributed by atoms with Gasteiger partial charge in [-0.05, 0) is 44.7 Å². The molecule has 0 saturated heterocycles. The second-order valence-electron chi connectivity index (χ2n) is 5.55.